The number of rotatable bonds is 3. The molecule has 1 aliphatic rings. The minimum atomic E-state index is -0.208. The fourth-order valence-corrected chi connectivity index (χ4v) is 2.82. The van der Waals surface area contributed by atoms with Crippen molar-refractivity contribution in [1.82, 2.24) is 0 Å². The van der Waals surface area contributed by atoms with Crippen LogP contribution in [0.1, 0.15) is 25.7 Å². The van der Waals surface area contributed by atoms with Crippen LogP contribution in [0.3, 0.4) is 0 Å². The Balaban J connectivity index is 2.08. The standard InChI is InChI=1S/C13H18BrFN2/c14-10-5-6-13(11(15)7-10)17-12-4-2-1-3-9(12)8-16/h5-7,9,12,17H,1-4,8,16H2. The van der Waals surface area contributed by atoms with Crippen LogP contribution in [0, 0.1) is 11.7 Å². The molecule has 0 saturated heterocycles. The summed E-state index contributed by atoms with van der Waals surface area (Å²) in [5.41, 5.74) is 6.35. The third-order valence-electron chi connectivity index (χ3n) is 3.48. The normalized spacial score (nSPS) is 24.6. The highest BCUT2D eigenvalue weighted by Gasteiger charge is 2.24. The summed E-state index contributed by atoms with van der Waals surface area (Å²) in [4.78, 5) is 0. The van der Waals surface area contributed by atoms with Gasteiger partial charge in [0.2, 0.25) is 0 Å². The highest BCUT2D eigenvalue weighted by Crippen LogP contribution is 2.28. The Morgan fingerprint density at radius 2 is 2.12 bits per heavy atom. The molecule has 2 unspecified atom stereocenters. The number of hydrogen-bond acceptors (Lipinski definition) is 2. The molecule has 0 aliphatic heterocycles. The van der Waals surface area contributed by atoms with Gasteiger partial charge in [-0.05, 0) is 43.5 Å². The maximum atomic E-state index is 13.7. The third kappa shape index (κ3) is 3.19. The van der Waals surface area contributed by atoms with Crippen molar-refractivity contribution in [3.8, 4) is 0 Å². The maximum absolute atomic E-state index is 13.7. The van der Waals surface area contributed by atoms with Crippen molar-refractivity contribution in [3.05, 3.63) is 28.5 Å². The van der Waals surface area contributed by atoms with E-state index >= 15 is 0 Å². The zero-order valence-electron chi connectivity index (χ0n) is 9.76. The van der Waals surface area contributed by atoms with Crippen molar-refractivity contribution in [2.24, 2.45) is 11.7 Å². The molecule has 2 atom stereocenters. The van der Waals surface area contributed by atoms with Gasteiger partial charge in [0.1, 0.15) is 5.82 Å². The van der Waals surface area contributed by atoms with E-state index in [1.165, 1.54) is 18.9 Å². The predicted molar refractivity (Wildman–Crippen MR) is 72.5 cm³/mol. The molecule has 1 fully saturated rings. The van der Waals surface area contributed by atoms with Crippen LogP contribution in [0.25, 0.3) is 0 Å². The second-order valence-electron chi connectivity index (χ2n) is 4.66. The van der Waals surface area contributed by atoms with Gasteiger partial charge in [0.15, 0.2) is 0 Å². The van der Waals surface area contributed by atoms with Crippen LogP contribution in [0.2, 0.25) is 0 Å². The van der Waals surface area contributed by atoms with Gasteiger partial charge in [-0.15, -0.1) is 0 Å². The van der Waals surface area contributed by atoms with E-state index in [0.717, 1.165) is 17.3 Å². The Morgan fingerprint density at radius 1 is 1.35 bits per heavy atom. The molecule has 0 bridgehead atoms. The lowest BCUT2D eigenvalue weighted by Gasteiger charge is -2.32. The lowest BCUT2D eigenvalue weighted by atomic mass is 9.84. The summed E-state index contributed by atoms with van der Waals surface area (Å²) >= 11 is 3.26. The smallest absolute Gasteiger partial charge is 0.147 e. The number of nitrogens with one attached hydrogen (secondary N) is 1. The highest BCUT2D eigenvalue weighted by molar-refractivity contribution is 9.10. The van der Waals surface area contributed by atoms with Crippen LogP contribution in [0.5, 0.6) is 0 Å². The van der Waals surface area contributed by atoms with E-state index in [9.17, 15) is 4.39 Å². The summed E-state index contributed by atoms with van der Waals surface area (Å²) in [6.07, 6.45) is 4.67. The molecule has 4 heteroatoms. The molecule has 2 nitrogen and oxygen atoms in total. The van der Waals surface area contributed by atoms with E-state index in [0.29, 0.717) is 24.2 Å². The Labute approximate surface area is 110 Å². The van der Waals surface area contributed by atoms with Crippen LogP contribution in [0.15, 0.2) is 22.7 Å². The first-order valence-corrected chi connectivity index (χ1v) is 6.91. The molecular formula is C13H18BrFN2. The van der Waals surface area contributed by atoms with Crippen molar-refractivity contribution in [3.63, 3.8) is 0 Å². The Bertz CT molecular complexity index is 384. The van der Waals surface area contributed by atoms with Gasteiger partial charge in [-0.3, -0.25) is 0 Å². The Hall–Kier alpha value is -0.610. The number of hydrogen-bond donors (Lipinski definition) is 2. The molecule has 0 spiro atoms. The molecule has 1 aromatic rings. The topological polar surface area (TPSA) is 38.0 Å². The average molecular weight is 301 g/mol. The quantitative estimate of drug-likeness (QED) is 0.896. The number of nitrogens with two attached hydrogens (primary N) is 1. The molecule has 94 valence electrons. The van der Waals surface area contributed by atoms with Gasteiger partial charge in [-0.25, -0.2) is 4.39 Å². The van der Waals surface area contributed by atoms with Crippen molar-refractivity contribution < 1.29 is 4.39 Å². The summed E-state index contributed by atoms with van der Waals surface area (Å²) in [5.74, 6) is 0.257. The largest absolute Gasteiger partial charge is 0.380 e. The molecule has 1 aliphatic carbocycles. The second-order valence-corrected chi connectivity index (χ2v) is 5.57. The van der Waals surface area contributed by atoms with Crippen LogP contribution in [-0.4, -0.2) is 12.6 Å². The number of anilines is 1. The number of benzene rings is 1. The van der Waals surface area contributed by atoms with E-state index in [-0.39, 0.29) is 5.82 Å². The zero-order valence-corrected chi connectivity index (χ0v) is 11.3. The van der Waals surface area contributed by atoms with Crippen molar-refractivity contribution in [1.29, 1.82) is 0 Å². The maximum Gasteiger partial charge on any atom is 0.147 e. The zero-order chi connectivity index (χ0) is 12.3. The summed E-state index contributed by atoms with van der Waals surface area (Å²) in [7, 11) is 0. The first kappa shape index (κ1) is 12.8. The molecular weight excluding hydrogens is 283 g/mol. The van der Waals surface area contributed by atoms with Gasteiger partial charge >= 0.3 is 0 Å². The van der Waals surface area contributed by atoms with Gasteiger partial charge in [-0.2, -0.15) is 0 Å². The summed E-state index contributed by atoms with van der Waals surface area (Å²) in [6.45, 7) is 0.676. The van der Waals surface area contributed by atoms with Crippen LogP contribution in [0.4, 0.5) is 10.1 Å². The van der Waals surface area contributed by atoms with Gasteiger partial charge in [-0.1, -0.05) is 28.8 Å². The van der Waals surface area contributed by atoms with Gasteiger partial charge in [0, 0.05) is 10.5 Å². The fourth-order valence-electron chi connectivity index (χ4n) is 2.49. The van der Waals surface area contributed by atoms with Crippen LogP contribution < -0.4 is 11.1 Å². The molecule has 0 radical (unpaired) electrons. The van der Waals surface area contributed by atoms with Gasteiger partial charge in [0.25, 0.3) is 0 Å². The van der Waals surface area contributed by atoms with Crippen molar-refractivity contribution >= 4 is 21.6 Å². The minimum Gasteiger partial charge on any atom is -0.380 e. The summed E-state index contributed by atoms with van der Waals surface area (Å²) in [5, 5.41) is 3.30. The van der Waals surface area contributed by atoms with E-state index in [1.807, 2.05) is 6.07 Å². The number of halogens is 2. The van der Waals surface area contributed by atoms with E-state index in [1.54, 1.807) is 6.07 Å². The molecule has 0 heterocycles. The summed E-state index contributed by atoms with van der Waals surface area (Å²) < 4.78 is 14.5. The first-order valence-electron chi connectivity index (χ1n) is 6.12. The fraction of sp³-hybridized carbons (Fsp3) is 0.538. The third-order valence-corrected chi connectivity index (χ3v) is 3.98. The average Bonchev–Trinajstić information content (AvgIpc) is 2.33. The van der Waals surface area contributed by atoms with Gasteiger partial charge in [0.05, 0.1) is 5.69 Å². The molecule has 1 saturated carbocycles. The lowest BCUT2D eigenvalue weighted by molar-refractivity contribution is 0.332. The first-order chi connectivity index (χ1) is 8.20. The SMILES string of the molecule is NCC1CCCCC1Nc1ccc(Br)cc1F. The van der Waals surface area contributed by atoms with Crippen molar-refractivity contribution in [2.45, 2.75) is 31.7 Å². The molecule has 2 rings (SSSR count). The van der Waals surface area contributed by atoms with Gasteiger partial charge < -0.3 is 11.1 Å². The lowest BCUT2D eigenvalue weighted by Crippen LogP contribution is -2.36. The molecule has 17 heavy (non-hydrogen) atoms. The molecule has 1 aromatic carbocycles. The second kappa shape index (κ2) is 5.83. The Morgan fingerprint density at radius 3 is 2.82 bits per heavy atom. The van der Waals surface area contributed by atoms with Crippen LogP contribution in [-0.2, 0) is 0 Å². The van der Waals surface area contributed by atoms with Crippen LogP contribution >= 0.6 is 15.9 Å². The van der Waals surface area contributed by atoms with E-state index in [2.05, 4.69) is 21.2 Å². The minimum absolute atomic E-state index is 0.208. The molecule has 3 N–H and O–H groups in total. The monoisotopic (exact) mass is 300 g/mol. The molecule has 0 amide bonds. The van der Waals surface area contributed by atoms with E-state index < -0.39 is 0 Å². The molecule has 0 aromatic heterocycles. The highest BCUT2D eigenvalue weighted by atomic mass is 79.9. The Kier molecular flexibility index (Phi) is 4.40. The van der Waals surface area contributed by atoms with Crippen molar-refractivity contribution in [2.75, 3.05) is 11.9 Å². The van der Waals surface area contributed by atoms with E-state index in [4.69, 9.17) is 5.73 Å². The predicted octanol–water partition coefficient (Wildman–Crippen LogP) is 3.52. The summed E-state index contributed by atoms with van der Waals surface area (Å²) in [6, 6.07) is 5.43.